The van der Waals surface area contributed by atoms with Crippen LogP contribution < -0.4 is 16.0 Å². The largest absolute Gasteiger partial charge is 0.495 e. The van der Waals surface area contributed by atoms with Crippen LogP contribution >= 0.6 is 43.5 Å². The van der Waals surface area contributed by atoms with Crippen LogP contribution in [0.4, 0.5) is 4.39 Å². The van der Waals surface area contributed by atoms with Gasteiger partial charge in [-0.3, -0.25) is 9.78 Å². The minimum atomic E-state index is -1.24. The normalized spacial score (nSPS) is 10.7. The highest BCUT2D eigenvalue weighted by Crippen LogP contribution is 2.32. The molecule has 1 aromatic heterocycles. The van der Waals surface area contributed by atoms with Crippen molar-refractivity contribution >= 4 is 43.5 Å². The summed E-state index contributed by atoms with van der Waals surface area (Å²) in [5.41, 5.74) is -1.87. The molecule has 20 heavy (non-hydrogen) atoms. The van der Waals surface area contributed by atoms with Gasteiger partial charge in [-0.25, -0.2) is 9.36 Å². The van der Waals surface area contributed by atoms with Crippen LogP contribution in [-0.4, -0.2) is 16.7 Å². The van der Waals surface area contributed by atoms with E-state index >= 15 is 0 Å². The zero-order valence-electron chi connectivity index (χ0n) is 9.84. The molecule has 2 aromatic rings. The second kappa shape index (κ2) is 5.71. The quantitative estimate of drug-likeness (QED) is 0.749. The first-order chi connectivity index (χ1) is 9.36. The summed E-state index contributed by atoms with van der Waals surface area (Å²) >= 11 is 11.9. The Morgan fingerprint density at radius 1 is 1.30 bits per heavy atom. The number of hydrogen-bond acceptors (Lipinski definition) is 3. The maximum Gasteiger partial charge on any atom is 0.334 e. The molecule has 2 rings (SSSR count). The van der Waals surface area contributed by atoms with Gasteiger partial charge in [0.05, 0.1) is 17.3 Å². The number of nitrogens with zero attached hydrogens (tertiary/aromatic N) is 1. The fourth-order valence-corrected chi connectivity index (χ4v) is 3.05. The predicted octanol–water partition coefficient (Wildman–Crippen LogP) is 2.85. The van der Waals surface area contributed by atoms with E-state index in [1.807, 2.05) is 0 Å². The molecule has 0 fully saturated rings. The summed E-state index contributed by atoms with van der Waals surface area (Å²) in [6, 6.07) is 2.99. The Balaban J connectivity index is 2.86. The molecule has 1 heterocycles. The number of hydrogen-bond donors (Lipinski definition) is 1. The first kappa shape index (κ1) is 15.3. The van der Waals surface area contributed by atoms with Gasteiger partial charge in [0.2, 0.25) is 5.82 Å². The Hall–Kier alpha value is -1.12. The summed E-state index contributed by atoms with van der Waals surface area (Å²) in [7, 11) is 1.42. The van der Waals surface area contributed by atoms with Crippen molar-refractivity contribution < 1.29 is 9.13 Å². The van der Waals surface area contributed by atoms with Gasteiger partial charge in [-0.2, -0.15) is 4.39 Å². The Morgan fingerprint density at radius 3 is 2.55 bits per heavy atom. The van der Waals surface area contributed by atoms with Crippen LogP contribution in [0.15, 0.2) is 30.7 Å². The van der Waals surface area contributed by atoms with E-state index in [-0.39, 0.29) is 5.69 Å². The minimum Gasteiger partial charge on any atom is -0.495 e. The van der Waals surface area contributed by atoms with Crippen LogP contribution in [0, 0.1) is 5.82 Å². The molecule has 0 bridgehead atoms. The minimum absolute atomic E-state index is 0.131. The standard InChI is InChI=1S/C11H6Br2ClFN2O3/c1-20-7-3-6(4(12)2-5(7)13)17-10(18)8(15)9(14)16-11(17)19/h2-3H,1H3,(H,16,19). The van der Waals surface area contributed by atoms with Crippen LogP contribution in [0.5, 0.6) is 5.75 Å². The van der Waals surface area contributed by atoms with Gasteiger partial charge in [-0.15, -0.1) is 0 Å². The molecular weight excluding hydrogens is 422 g/mol. The summed E-state index contributed by atoms with van der Waals surface area (Å²) in [5.74, 6) is -0.857. The summed E-state index contributed by atoms with van der Waals surface area (Å²) in [5, 5.41) is -0.628. The van der Waals surface area contributed by atoms with Gasteiger partial charge < -0.3 is 4.74 Å². The zero-order valence-corrected chi connectivity index (χ0v) is 13.8. The lowest BCUT2D eigenvalue weighted by Gasteiger charge is -2.11. The topological polar surface area (TPSA) is 64.1 Å². The average Bonchev–Trinajstić information content (AvgIpc) is 2.38. The molecule has 0 aliphatic carbocycles. The monoisotopic (exact) mass is 426 g/mol. The highest BCUT2D eigenvalue weighted by molar-refractivity contribution is 9.11. The Labute approximate surface area is 133 Å². The van der Waals surface area contributed by atoms with E-state index in [1.54, 1.807) is 6.07 Å². The number of aromatic nitrogens is 2. The highest BCUT2D eigenvalue weighted by atomic mass is 79.9. The molecule has 9 heteroatoms. The molecule has 0 atom stereocenters. The molecule has 5 nitrogen and oxygen atoms in total. The van der Waals surface area contributed by atoms with Gasteiger partial charge in [-0.1, -0.05) is 11.6 Å². The fraction of sp³-hybridized carbons (Fsp3) is 0.0909. The second-order valence-electron chi connectivity index (χ2n) is 3.64. The molecule has 0 unspecified atom stereocenters. The van der Waals surface area contributed by atoms with Gasteiger partial charge in [0, 0.05) is 10.5 Å². The van der Waals surface area contributed by atoms with Crippen molar-refractivity contribution in [2.45, 2.75) is 0 Å². The van der Waals surface area contributed by atoms with Crippen molar-refractivity contribution in [2.24, 2.45) is 0 Å². The highest BCUT2D eigenvalue weighted by Gasteiger charge is 2.17. The van der Waals surface area contributed by atoms with E-state index in [9.17, 15) is 14.0 Å². The van der Waals surface area contributed by atoms with E-state index < -0.39 is 22.2 Å². The Kier molecular flexibility index (Phi) is 4.36. The SMILES string of the molecule is COc1cc(-n2c(=O)[nH]c(Cl)c(F)c2=O)c(Br)cc1Br. The molecule has 0 spiro atoms. The third-order valence-corrected chi connectivity index (χ3v) is 3.98. The third-order valence-electron chi connectivity index (χ3n) is 2.47. The van der Waals surface area contributed by atoms with Crippen molar-refractivity contribution in [3.8, 4) is 11.4 Å². The van der Waals surface area contributed by atoms with Crippen LogP contribution in [0.3, 0.4) is 0 Å². The summed E-state index contributed by atoms with van der Waals surface area (Å²) in [4.78, 5) is 25.7. The molecule has 0 aliphatic rings. The number of benzene rings is 1. The number of rotatable bonds is 2. The Morgan fingerprint density at radius 2 is 1.95 bits per heavy atom. The summed E-state index contributed by atoms with van der Waals surface area (Å²) < 4.78 is 20.3. The van der Waals surface area contributed by atoms with E-state index in [0.717, 1.165) is 0 Å². The van der Waals surface area contributed by atoms with Crippen LogP contribution in [0.2, 0.25) is 5.15 Å². The lowest BCUT2D eigenvalue weighted by Crippen LogP contribution is -2.36. The Bertz CT molecular complexity index is 803. The van der Waals surface area contributed by atoms with Gasteiger partial charge in [-0.05, 0) is 37.9 Å². The van der Waals surface area contributed by atoms with E-state index in [0.29, 0.717) is 19.3 Å². The molecule has 106 valence electrons. The lowest BCUT2D eigenvalue weighted by molar-refractivity contribution is 0.411. The number of H-pyrrole nitrogens is 1. The van der Waals surface area contributed by atoms with Crippen molar-refractivity contribution in [3.63, 3.8) is 0 Å². The molecule has 0 saturated heterocycles. The van der Waals surface area contributed by atoms with Crippen molar-refractivity contribution in [3.05, 3.63) is 52.9 Å². The zero-order chi connectivity index (χ0) is 15.0. The average molecular weight is 428 g/mol. The van der Waals surface area contributed by atoms with Crippen molar-refractivity contribution in [2.75, 3.05) is 7.11 Å². The molecule has 1 aromatic carbocycles. The van der Waals surface area contributed by atoms with Crippen molar-refractivity contribution in [1.82, 2.24) is 9.55 Å². The van der Waals surface area contributed by atoms with E-state index in [4.69, 9.17) is 16.3 Å². The maximum atomic E-state index is 13.6. The molecule has 0 saturated carbocycles. The predicted molar refractivity (Wildman–Crippen MR) is 79.6 cm³/mol. The number of methoxy groups -OCH3 is 1. The van der Waals surface area contributed by atoms with Gasteiger partial charge in [0.15, 0.2) is 5.15 Å². The smallest absolute Gasteiger partial charge is 0.334 e. The summed E-state index contributed by atoms with van der Waals surface area (Å²) in [6.07, 6.45) is 0. The van der Waals surface area contributed by atoms with Crippen LogP contribution in [0.1, 0.15) is 0 Å². The van der Waals surface area contributed by atoms with Gasteiger partial charge >= 0.3 is 5.69 Å². The van der Waals surface area contributed by atoms with Crippen molar-refractivity contribution in [1.29, 1.82) is 0 Å². The first-order valence-corrected chi connectivity index (χ1v) is 7.07. The molecule has 0 aliphatic heterocycles. The fourth-order valence-electron chi connectivity index (χ4n) is 1.55. The molecule has 0 radical (unpaired) electrons. The van der Waals surface area contributed by atoms with Crippen LogP contribution in [-0.2, 0) is 0 Å². The number of aromatic amines is 1. The first-order valence-electron chi connectivity index (χ1n) is 5.10. The van der Waals surface area contributed by atoms with E-state index in [2.05, 4.69) is 36.8 Å². The van der Waals surface area contributed by atoms with E-state index in [1.165, 1.54) is 13.2 Å². The molecule has 1 N–H and O–H groups in total. The second-order valence-corrected chi connectivity index (χ2v) is 5.72. The number of ether oxygens (including phenoxy) is 1. The number of nitrogens with one attached hydrogen (secondary N) is 1. The molecular formula is C11H6Br2ClFN2O3. The lowest BCUT2D eigenvalue weighted by atomic mass is 10.3. The summed E-state index contributed by atoms with van der Waals surface area (Å²) in [6.45, 7) is 0. The molecule has 0 amide bonds. The van der Waals surface area contributed by atoms with Gasteiger partial charge in [0.25, 0.3) is 5.56 Å². The van der Waals surface area contributed by atoms with Crippen LogP contribution in [0.25, 0.3) is 5.69 Å². The third kappa shape index (κ3) is 2.55. The van der Waals surface area contributed by atoms with Gasteiger partial charge in [0.1, 0.15) is 5.75 Å². The maximum absolute atomic E-state index is 13.6. The number of halogens is 4.